The monoisotopic (exact) mass is 426 g/mol. The first kappa shape index (κ1) is 27.1. The number of carbonyl (C=O) groups is 1. The second kappa shape index (κ2) is 15.0. The van der Waals surface area contributed by atoms with Crippen LogP contribution < -0.4 is 20.9 Å². The van der Waals surface area contributed by atoms with Crippen LogP contribution in [-0.2, 0) is 4.79 Å². The summed E-state index contributed by atoms with van der Waals surface area (Å²) in [6.07, 6.45) is -6.84. The smallest absolute Gasteiger partial charge is 0.151 e. The maximum atomic E-state index is 9.90. The number of aldehydes is 1. The lowest BCUT2D eigenvalue weighted by molar-refractivity contribution is -0.136. The highest BCUT2D eigenvalue weighted by Crippen LogP contribution is 2.12. The molecule has 10 heteroatoms. The van der Waals surface area contributed by atoms with Crippen LogP contribution in [0.4, 0.5) is 11.4 Å². The maximum Gasteiger partial charge on any atom is 0.151 e. The van der Waals surface area contributed by atoms with Gasteiger partial charge in [-0.2, -0.15) is 0 Å². The molecule has 0 aliphatic rings. The number of methoxy groups -OCH3 is 2. The molecule has 0 aliphatic heterocycles. The van der Waals surface area contributed by atoms with Crippen molar-refractivity contribution in [3.8, 4) is 11.5 Å². The predicted molar refractivity (Wildman–Crippen MR) is 112 cm³/mol. The summed E-state index contributed by atoms with van der Waals surface area (Å²) in [6.45, 7) is -0.760. The van der Waals surface area contributed by atoms with Crippen molar-refractivity contribution in [1.29, 1.82) is 0 Å². The van der Waals surface area contributed by atoms with E-state index in [0.29, 0.717) is 0 Å². The second-order valence-electron chi connectivity index (χ2n) is 5.90. The van der Waals surface area contributed by atoms with Crippen molar-refractivity contribution in [2.24, 2.45) is 0 Å². The number of carbonyl (C=O) groups excluding carboxylic acids is 1. The third-order valence-electron chi connectivity index (χ3n) is 3.65. The van der Waals surface area contributed by atoms with E-state index in [2.05, 4.69) is 0 Å². The summed E-state index contributed by atoms with van der Waals surface area (Å²) >= 11 is 0. The number of hydrogen-bond acceptors (Lipinski definition) is 10. The molecule has 30 heavy (non-hydrogen) atoms. The number of aliphatic hydroxyl groups is 5. The molecule has 0 spiro atoms. The van der Waals surface area contributed by atoms with E-state index in [1.165, 1.54) is 0 Å². The summed E-state index contributed by atoms with van der Waals surface area (Å²) in [4.78, 5) is 9.90. The Morgan fingerprint density at radius 2 is 1.17 bits per heavy atom. The number of nitrogens with two attached hydrogens (primary N) is 2. The van der Waals surface area contributed by atoms with Gasteiger partial charge in [-0.25, -0.2) is 0 Å². The van der Waals surface area contributed by atoms with Crippen molar-refractivity contribution in [2.75, 3.05) is 32.3 Å². The molecule has 168 valence electrons. The lowest BCUT2D eigenvalue weighted by Gasteiger charge is -2.22. The van der Waals surface area contributed by atoms with E-state index in [1.54, 1.807) is 38.5 Å². The van der Waals surface area contributed by atoms with Crippen molar-refractivity contribution in [3.05, 3.63) is 48.5 Å². The van der Waals surface area contributed by atoms with Crippen LogP contribution in [0.3, 0.4) is 0 Å². The molecule has 4 unspecified atom stereocenters. The molecular weight excluding hydrogens is 396 g/mol. The first-order valence-electron chi connectivity index (χ1n) is 8.77. The maximum absolute atomic E-state index is 9.90. The lowest BCUT2D eigenvalue weighted by atomic mass is 10.0. The van der Waals surface area contributed by atoms with Crippen molar-refractivity contribution in [3.63, 3.8) is 0 Å². The van der Waals surface area contributed by atoms with Crippen LogP contribution in [0.1, 0.15) is 0 Å². The van der Waals surface area contributed by atoms with Crippen LogP contribution in [-0.4, -0.2) is 77.1 Å². The second-order valence-corrected chi connectivity index (χ2v) is 5.90. The highest BCUT2D eigenvalue weighted by molar-refractivity contribution is 5.56. The van der Waals surface area contributed by atoms with E-state index in [0.717, 1.165) is 22.9 Å². The highest BCUT2D eigenvalue weighted by Gasteiger charge is 2.29. The van der Waals surface area contributed by atoms with Gasteiger partial charge in [0.1, 0.15) is 35.9 Å². The first-order valence-corrected chi connectivity index (χ1v) is 8.77. The Morgan fingerprint density at radius 3 is 1.43 bits per heavy atom. The topological polar surface area (TPSA) is 189 Å². The molecule has 4 atom stereocenters. The van der Waals surface area contributed by atoms with Gasteiger partial charge in [0, 0.05) is 11.4 Å². The molecule has 0 bridgehead atoms. The number of benzene rings is 2. The molecule has 0 aliphatic carbocycles. The first-order chi connectivity index (χ1) is 14.2. The van der Waals surface area contributed by atoms with Gasteiger partial charge in [0.25, 0.3) is 0 Å². The van der Waals surface area contributed by atoms with E-state index in [4.69, 9.17) is 46.5 Å². The third kappa shape index (κ3) is 10.6. The van der Waals surface area contributed by atoms with Gasteiger partial charge in [0.15, 0.2) is 6.29 Å². The van der Waals surface area contributed by atoms with Gasteiger partial charge < -0.3 is 51.3 Å². The Balaban J connectivity index is 0.000000426. The Morgan fingerprint density at radius 1 is 0.800 bits per heavy atom. The Bertz CT molecular complexity index is 651. The van der Waals surface area contributed by atoms with E-state index in [-0.39, 0.29) is 6.29 Å². The quantitative estimate of drug-likeness (QED) is 0.217. The molecule has 0 fully saturated rings. The minimum absolute atomic E-state index is 0.0258. The molecule has 2 aromatic rings. The number of aliphatic hydroxyl groups excluding tert-OH is 5. The Hall–Kier alpha value is -2.89. The van der Waals surface area contributed by atoms with Gasteiger partial charge in [-0.05, 0) is 48.5 Å². The van der Waals surface area contributed by atoms with Crippen molar-refractivity contribution < 1.29 is 39.8 Å². The molecule has 10 nitrogen and oxygen atoms in total. The van der Waals surface area contributed by atoms with Crippen LogP contribution in [0.5, 0.6) is 11.5 Å². The van der Waals surface area contributed by atoms with Gasteiger partial charge in [-0.3, -0.25) is 0 Å². The van der Waals surface area contributed by atoms with Gasteiger partial charge >= 0.3 is 0 Å². The molecule has 9 N–H and O–H groups in total. The van der Waals surface area contributed by atoms with Crippen LogP contribution in [0.2, 0.25) is 0 Å². The molecule has 2 aromatic carbocycles. The summed E-state index contributed by atoms with van der Waals surface area (Å²) in [5, 5.41) is 43.5. The summed E-state index contributed by atoms with van der Waals surface area (Å²) in [5.41, 5.74) is 12.4. The summed E-state index contributed by atoms with van der Waals surface area (Å²) in [5.74, 6) is 1.67. The zero-order valence-corrected chi connectivity index (χ0v) is 16.8. The molecule has 0 amide bonds. The molecule has 2 rings (SSSR count). The van der Waals surface area contributed by atoms with E-state index in [9.17, 15) is 4.79 Å². The normalized spacial score (nSPS) is 13.8. The average Bonchev–Trinajstić information content (AvgIpc) is 2.78. The van der Waals surface area contributed by atoms with Gasteiger partial charge in [0.2, 0.25) is 0 Å². The lowest BCUT2D eigenvalue weighted by Crippen LogP contribution is -2.46. The van der Waals surface area contributed by atoms with Crippen molar-refractivity contribution in [2.45, 2.75) is 24.4 Å². The fourth-order valence-corrected chi connectivity index (χ4v) is 1.83. The van der Waals surface area contributed by atoms with Crippen molar-refractivity contribution >= 4 is 17.7 Å². The van der Waals surface area contributed by atoms with Crippen LogP contribution in [0.25, 0.3) is 0 Å². The van der Waals surface area contributed by atoms with Gasteiger partial charge in [-0.15, -0.1) is 0 Å². The van der Waals surface area contributed by atoms with E-state index in [1.807, 2.05) is 24.3 Å². The number of rotatable bonds is 7. The molecule has 0 saturated heterocycles. The standard InChI is InChI=1S/2C7H9NO.C6H12O6/c2*1-9-7-4-2-6(8)3-5-7;7-1-3(9)5(11)6(12)4(10)2-8/h2*2-5H,8H2,1H3;1,3-6,8-12H,2H2. The average molecular weight is 426 g/mol. The molecular formula is C20H30N2O8. The minimum atomic E-state index is -1.79. The zero-order chi connectivity index (χ0) is 23.1. The van der Waals surface area contributed by atoms with Gasteiger partial charge in [0.05, 0.1) is 20.8 Å². The number of ether oxygens (including phenoxy) is 2. The SMILES string of the molecule is COc1ccc(N)cc1.COc1ccc(N)cc1.O=CC(O)C(O)C(O)C(O)CO. The highest BCUT2D eigenvalue weighted by atomic mass is 16.5. The molecule has 0 aromatic heterocycles. The van der Waals surface area contributed by atoms with Gasteiger partial charge in [-0.1, -0.05) is 0 Å². The summed E-state index contributed by atoms with van der Waals surface area (Å²) in [6, 6.07) is 14.5. The number of anilines is 2. The Labute approximate surface area is 174 Å². The van der Waals surface area contributed by atoms with E-state index >= 15 is 0 Å². The molecule has 0 saturated carbocycles. The zero-order valence-electron chi connectivity index (χ0n) is 16.8. The minimum Gasteiger partial charge on any atom is -0.497 e. The number of hydrogen-bond donors (Lipinski definition) is 7. The molecule has 0 radical (unpaired) electrons. The van der Waals surface area contributed by atoms with Crippen LogP contribution in [0, 0.1) is 0 Å². The third-order valence-corrected chi connectivity index (χ3v) is 3.65. The van der Waals surface area contributed by atoms with Crippen LogP contribution in [0.15, 0.2) is 48.5 Å². The fourth-order valence-electron chi connectivity index (χ4n) is 1.83. The largest absolute Gasteiger partial charge is 0.497 e. The summed E-state index contributed by atoms with van der Waals surface area (Å²) in [7, 11) is 3.26. The Kier molecular flexibility index (Phi) is 13.6. The number of nitrogen functional groups attached to an aromatic ring is 2. The van der Waals surface area contributed by atoms with Crippen LogP contribution >= 0.6 is 0 Å². The molecule has 0 heterocycles. The predicted octanol–water partition coefficient (Wildman–Crippen LogP) is -0.824. The van der Waals surface area contributed by atoms with Crippen molar-refractivity contribution in [1.82, 2.24) is 0 Å². The fraction of sp³-hybridized carbons (Fsp3) is 0.350. The summed E-state index contributed by atoms with van der Waals surface area (Å²) < 4.78 is 9.83. The van der Waals surface area contributed by atoms with E-state index < -0.39 is 31.0 Å².